The van der Waals surface area contributed by atoms with Crippen LogP contribution >= 0.6 is 0 Å². The molecule has 0 unspecified atom stereocenters. The fourth-order valence-corrected chi connectivity index (χ4v) is 2.75. The summed E-state index contributed by atoms with van der Waals surface area (Å²) in [5.41, 5.74) is 0.459. The van der Waals surface area contributed by atoms with E-state index < -0.39 is 0 Å². The van der Waals surface area contributed by atoms with Crippen LogP contribution in [-0.4, -0.2) is 60.7 Å². The van der Waals surface area contributed by atoms with Crippen LogP contribution in [0.5, 0.6) is 0 Å². The van der Waals surface area contributed by atoms with Gasteiger partial charge in [0.2, 0.25) is 0 Å². The molecule has 1 aliphatic carbocycles. The molecule has 1 saturated heterocycles. The highest BCUT2D eigenvalue weighted by atomic mass is 16.5. The second-order valence-corrected chi connectivity index (χ2v) is 6.18. The van der Waals surface area contributed by atoms with Gasteiger partial charge in [0.25, 0.3) is 0 Å². The van der Waals surface area contributed by atoms with Gasteiger partial charge in [0.1, 0.15) is 5.82 Å². The Kier molecular flexibility index (Phi) is 5.17. The van der Waals surface area contributed by atoms with Crippen LogP contribution in [0.1, 0.15) is 36.5 Å². The van der Waals surface area contributed by atoms with E-state index in [1.807, 2.05) is 11.0 Å². The summed E-state index contributed by atoms with van der Waals surface area (Å²) in [7, 11) is 0. The average molecular weight is 332 g/mol. The third-order valence-electron chi connectivity index (χ3n) is 4.27. The number of carbonyl (C=O) groups excluding carboxylic acids is 2. The molecule has 2 amide bonds. The predicted molar refractivity (Wildman–Crippen MR) is 90.2 cm³/mol. The number of amides is 2. The Hall–Kier alpha value is -2.31. The highest BCUT2D eigenvalue weighted by Gasteiger charge is 2.27. The molecule has 3 rings (SSSR count). The van der Waals surface area contributed by atoms with E-state index in [1.165, 1.54) is 0 Å². The molecule has 2 heterocycles. The van der Waals surface area contributed by atoms with Gasteiger partial charge in [-0.2, -0.15) is 0 Å². The fraction of sp³-hybridized carbons (Fsp3) is 0.588. The summed E-state index contributed by atoms with van der Waals surface area (Å²) in [6.07, 6.45) is 4.65. The molecule has 130 valence electrons. The van der Waals surface area contributed by atoms with Gasteiger partial charge in [-0.3, -0.25) is 0 Å². The maximum Gasteiger partial charge on any atom is 0.339 e. The molecule has 1 N–H and O–H groups in total. The molecular weight excluding hydrogens is 308 g/mol. The highest BCUT2D eigenvalue weighted by Crippen LogP contribution is 2.19. The van der Waals surface area contributed by atoms with Gasteiger partial charge in [0.05, 0.1) is 12.2 Å². The van der Waals surface area contributed by atoms with E-state index in [2.05, 4.69) is 15.2 Å². The van der Waals surface area contributed by atoms with Gasteiger partial charge in [0.15, 0.2) is 0 Å². The minimum Gasteiger partial charge on any atom is -0.462 e. The molecule has 2 fully saturated rings. The molecule has 0 atom stereocenters. The number of carbonyl (C=O) groups is 2. The molecule has 0 aromatic carbocycles. The second-order valence-electron chi connectivity index (χ2n) is 6.18. The number of pyridine rings is 1. The zero-order valence-electron chi connectivity index (χ0n) is 14.0. The van der Waals surface area contributed by atoms with Crippen LogP contribution in [0.3, 0.4) is 0 Å². The van der Waals surface area contributed by atoms with Crippen LogP contribution in [0.4, 0.5) is 10.6 Å². The Bertz CT molecular complexity index is 586. The number of esters is 1. The zero-order valence-corrected chi connectivity index (χ0v) is 14.0. The monoisotopic (exact) mass is 332 g/mol. The first-order valence-electron chi connectivity index (χ1n) is 8.61. The quantitative estimate of drug-likeness (QED) is 0.849. The summed E-state index contributed by atoms with van der Waals surface area (Å²) in [4.78, 5) is 32.2. The largest absolute Gasteiger partial charge is 0.462 e. The van der Waals surface area contributed by atoms with Gasteiger partial charge in [-0.1, -0.05) is 0 Å². The molecule has 1 saturated carbocycles. The Balaban J connectivity index is 1.57. The van der Waals surface area contributed by atoms with Crippen molar-refractivity contribution in [2.45, 2.75) is 32.2 Å². The number of aromatic nitrogens is 1. The SMILES string of the molecule is CCOC(=O)c1ccc(N2CCCN(C(=O)NC3CC3)CC2)nc1. The average Bonchev–Trinajstić information content (AvgIpc) is 3.41. The van der Waals surface area contributed by atoms with Crippen molar-refractivity contribution in [2.24, 2.45) is 0 Å². The third-order valence-corrected chi connectivity index (χ3v) is 4.27. The predicted octanol–water partition coefficient (Wildman–Crippen LogP) is 1.64. The van der Waals surface area contributed by atoms with Gasteiger partial charge < -0.3 is 19.9 Å². The van der Waals surface area contributed by atoms with Crippen molar-refractivity contribution in [3.05, 3.63) is 23.9 Å². The Morgan fingerprint density at radius 1 is 1.25 bits per heavy atom. The molecule has 0 bridgehead atoms. The fourth-order valence-electron chi connectivity index (χ4n) is 2.75. The van der Waals surface area contributed by atoms with Crippen LogP contribution in [0.2, 0.25) is 0 Å². The molecule has 2 aliphatic rings. The van der Waals surface area contributed by atoms with E-state index in [4.69, 9.17) is 4.74 Å². The van der Waals surface area contributed by atoms with Gasteiger partial charge >= 0.3 is 12.0 Å². The molecular formula is C17H24N4O3. The lowest BCUT2D eigenvalue weighted by Crippen LogP contribution is -2.42. The van der Waals surface area contributed by atoms with Crippen molar-refractivity contribution in [3.63, 3.8) is 0 Å². The maximum atomic E-state index is 12.2. The summed E-state index contributed by atoms with van der Waals surface area (Å²) >= 11 is 0. The first-order chi connectivity index (χ1) is 11.7. The standard InChI is InChI=1S/C17H24N4O3/c1-2-24-16(22)13-4-7-15(18-12-13)20-8-3-9-21(11-10-20)17(23)19-14-5-6-14/h4,7,12,14H,2-3,5-6,8-11H2,1H3,(H,19,23). The number of anilines is 1. The number of nitrogens with one attached hydrogen (secondary N) is 1. The first kappa shape index (κ1) is 16.5. The molecule has 7 nitrogen and oxygen atoms in total. The van der Waals surface area contributed by atoms with Crippen molar-refractivity contribution in [1.29, 1.82) is 0 Å². The van der Waals surface area contributed by atoms with Crippen LogP contribution in [-0.2, 0) is 4.74 Å². The topological polar surface area (TPSA) is 74.8 Å². The normalized spacial score (nSPS) is 18.0. The van der Waals surface area contributed by atoms with Gasteiger partial charge in [-0.15, -0.1) is 0 Å². The number of hydrogen-bond donors (Lipinski definition) is 1. The molecule has 1 aromatic rings. The van der Waals surface area contributed by atoms with E-state index in [9.17, 15) is 9.59 Å². The van der Waals surface area contributed by atoms with E-state index in [-0.39, 0.29) is 12.0 Å². The second kappa shape index (κ2) is 7.51. The van der Waals surface area contributed by atoms with Crippen molar-refractivity contribution in [3.8, 4) is 0 Å². The third kappa shape index (κ3) is 4.15. The summed E-state index contributed by atoms with van der Waals surface area (Å²) in [6.45, 7) is 5.16. The summed E-state index contributed by atoms with van der Waals surface area (Å²) in [5, 5.41) is 3.04. The first-order valence-corrected chi connectivity index (χ1v) is 8.61. The smallest absolute Gasteiger partial charge is 0.339 e. The summed E-state index contributed by atoms with van der Waals surface area (Å²) in [5.74, 6) is 0.475. The molecule has 24 heavy (non-hydrogen) atoms. The van der Waals surface area contributed by atoms with Crippen molar-refractivity contribution < 1.29 is 14.3 Å². The van der Waals surface area contributed by atoms with Gasteiger partial charge in [-0.25, -0.2) is 14.6 Å². The maximum absolute atomic E-state index is 12.2. The molecule has 1 aromatic heterocycles. The van der Waals surface area contributed by atoms with E-state index in [1.54, 1.807) is 19.2 Å². The minimum absolute atomic E-state index is 0.0463. The molecule has 1 aliphatic heterocycles. The Morgan fingerprint density at radius 2 is 2.08 bits per heavy atom. The summed E-state index contributed by atoms with van der Waals surface area (Å²) in [6, 6.07) is 4.01. The van der Waals surface area contributed by atoms with E-state index in [0.717, 1.165) is 44.7 Å². The van der Waals surface area contributed by atoms with Crippen LogP contribution in [0.15, 0.2) is 18.3 Å². The lowest BCUT2D eigenvalue weighted by atomic mass is 10.2. The zero-order chi connectivity index (χ0) is 16.9. The number of hydrogen-bond acceptors (Lipinski definition) is 5. The minimum atomic E-state index is -0.352. The van der Waals surface area contributed by atoms with Gasteiger partial charge in [-0.05, 0) is 38.3 Å². The molecule has 7 heteroatoms. The van der Waals surface area contributed by atoms with Crippen molar-refractivity contribution in [1.82, 2.24) is 15.2 Å². The van der Waals surface area contributed by atoms with Crippen molar-refractivity contribution in [2.75, 3.05) is 37.7 Å². The van der Waals surface area contributed by atoms with E-state index >= 15 is 0 Å². The molecule has 0 spiro atoms. The summed E-state index contributed by atoms with van der Waals surface area (Å²) < 4.78 is 4.97. The lowest BCUT2D eigenvalue weighted by Gasteiger charge is -2.23. The van der Waals surface area contributed by atoms with Crippen LogP contribution < -0.4 is 10.2 Å². The Morgan fingerprint density at radius 3 is 2.75 bits per heavy atom. The highest BCUT2D eigenvalue weighted by molar-refractivity contribution is 5.89. The number of ether oxygens (including phenoxy) is 1. The Labute approximate surface area is 142 Å². The van der Waals surface area contributed by atoms with Crippen molar-refractivity contribution >= 4 is 17.8 Å². The number of rotatable bonds is 4. The number of nitrogens with zero attached hydrogens (tertiary/aromatic N) is 3. The van der Waals surface area contributed by atoms with Gasteiger partial charge in [0, 0.05) is 38.4 Å². The molecule has 0 radical (unpaired) electrons. The van der Waals surface area contributed by atoms with E-state index in [0.29, 0.717) is 24.8 Å². The van der Waals surface area contributed by atoms with Crippen LogP contribution in [0.25, 0.3) is 0 Å². The lowest BCUT2D eigenvalue weighted by molar-refractivity contribution is 0.0526. The number of urea groups is 1. The van der Waals surface area contributed by atoms with Crippen LogP contribution in [0, 0.1) is 0 Å².